The summed E-state index contributed by atoms with van der Waals surface area (Å²) in [6.45, 7) is 9.41. The largest absolute Gasteiger partial charge is 0.394 e. The molecule has 3 saturated heterocycles. The highest BCUT2D eigenvalue weighted by Gasteiger charge is 2.57. The summed E-state index contributed by atoms with van der Waals surface area (Å²) in [4.78, 5) is 13.2. The van der Waals surface area contributed by atoms with Crippen molar-refractivity contribution in [3.8, 4) is 0 Å². The van der Waals surface area contributed by atoms with Gasteiger partial charge < -0.3 is 167 Å². The fourth-order valence-electron chi connectivity index (χ4n) is 12.0. The molecule has 3 rings (SSSR count). The molecule has 3 aliphatic rings. The van der Waals surface area contributed by atoms with E-state index >= 15 is 0 Å². The van der Waals surface area contributed by atoms with Gasteiger partial charge in [-0.25, -0.2) is 0 Å². The van der Waals surface area contributed by atoms with Crippen molar-refractivity contribution < 1.29 is 172 Å². The van der Waals surface area contributed by atoms with Gasteiger partial charge in [0.25, 0.3) is 0 Å². The quantitative estimate of drug-likeness (QED) is 0.0153. The summed E-state index contributed by atoms with van der Waals surface area (Å²) in [6.07, 6.45) is -46.3. The first-order chi connectivity index (χ1) is 47.7. The van der Waals surface area contributed by atoms with Gasteiger partial charge in [0, 0.05) is 32.1 Å². The third-order valence-electron chi connectivity index (χ3n) is 18.7. The molecule has 3 aliphatic heterocycles. The van der Waals surface area contributed by atoms with Crippen LogP contribution < -0.4 is 0 Å². The molecule has 0 aromatic heterocycles. The Balaban J connectivity index is 1.47. The second-order valence-corrected chi connectivity index (χ2v) is 27.0. The zero-order valence-electron chi connectivity index (χ0n) is 56.9. The molecule has 3 fully saturated rings. The van der Waals surface area contributed by atoms with Crippen LogP contribution in [-0.2, 0) is 19.0 Å². The Kier molecular flexibility index (Phi) is 40.4. The highest BCUT2D eigenvalue weighted by atomic mass is 16.7. The number of hydrogen-bond donors (Lipinski definition) is 30. The van der Waals surface area contributed by atoms with Gasteiger partial charge in [-0.1, -0.05) is 99.4 Å². The molecular formula is C68H114O34. The topological polar surface area (TPSA) is 652 Å². The Morgan fingerprint density at radius 3 is 1.65 bits per heavy atom. The molecule has 34 heteroatoms. The number of hydrogen-bond acceptors (Lipinski definition) is 34. The second-order valence-electron chi connectivity index (χ2n) is 27.0. The van der Waals surface area contributed by atoms with Gasteiger partial charge in [0.2, 0.25) is 0 Å². The van der Waals surface area contributed by atoms with Gasteiger partial charge in [0.15, 0.2) is 11.6 Å². The SMILES string of the molecule is C=CCC/C=C/C=C/C=C/C[C@@H](O)[C@@H](O)[C@H](O)/C=C/C=C/C(O)CC(O)C(O)C1OC(O)(CC(O)C(O)C(=O)CC[C@H]2O[C@H](C[C@@H](O)C[C@@H](C)/C=C/C[C@H](O)[C@@H](O)[C@H](O)[C@@H](O)C(=C)[C@H](C)C[C@@H]3O[C@@H]([C@H](O)C[C@H](O)[C@@H](O)[C@H](O)[C@H](O)[C@@H](O)[C@@H](O)CO)[C@H](O)[C@H](O)[C@H]3O)[C@@H](O)[C@@H]2O)C(O)C(O)C1O. The second kappa shape index (κ2) is 44.5. The van der Waals surface area contributed by atoms with E-state index in [-0.39, 0.29) is 44.1 Å². The van der Waals surface area contributed by atoms with Crippen molar-refractivity contribution in [3.05, 3.63) is 97.7 Å². The standard InChI is InChI=1S/C68H114O34/c1-5-6-7-8-9-10-11-12-13-19-36(72)49(82)37(73)20-15-14-18-34(70)26-40(76)54(87)66-63(96)64(97)67(98)68(99,102-66)29-43(79)50(83)39(75)22-23-45-55(88)56(89)47(100-45)27-35(71)24-31(2)17-16-21-38(74)51(84)58(91)48(81)33(4)32(3)25-46-57(90)61(94)62(95)65(101-46)42(78)28-41(77)52(85)59(92)60(93)53(86)44(80)30-69/h5,8-18,20,31-32,34-38,40-67,69-74,76-99H,1,4,6-7,19,21-30H2,2-3H3/b9-8+,11-10+,13-12+,17-16+,18-14+,20-15+/t31-,32+,34?,35-,36+,37+,38-,40?,41-,42+,43?,44-,45+,46-,47+,48-,49+,50?,51+,52+,53-,54?,55+,56+,57-,58+,59-,60+,61+,62+,63?,64?,65-,66?,67?,68?/m0/s1. The fourth-order valence-corrected chi connectivity index (χ4v) is 12.0. The van der Waals surface area contributed by atoms with Crippen molar-refractivity contribution in [2.24, 2.45) is 11.8 Å². The molecule has 590 valence electrons. The van der Waals surface area contributed by atoms with Crippen LogP contribution in [0.2, 0.25) is 0 Å². The molecule has 0 bridgehead atoms. The number of unbranched alkanes of at least 4 members (excludes halogenated alkanes) is 1. The Hall–Kier alpha value is -3.73. The van der Waals surface area contributed by atoms with E-state index in [4.69, 9.17) is 19.3 Å². The van der Waals surface area contributed by atoms with E-state index < -0.39 is 257 Å². The first-order valence-electron chi connectivity index (χ1n) is 33.9. The summed E-state index contributed by atoms with van der Waals surface area (Å²) in [6, 6.07) is 0. The van der Waals surface area contributed by atoms with Crippen molar-refractivity contribution in [2.75, 3.05) is 6.61 Å². The monoisotopic (exact) mass is 1470 g/mol. The van der Waals surface area contributed by atoms with Crippen molar-refractivity contribution in [2.45, 2.75) is 298 Å². The Labute approximate surface area is 590 Å². The number of aliphatic hydroxyl groups excluding tert-OH is 29. The maximum atomic E-state index is 13.2. The van der Waals surface area contributed by atoms with Gasteiger partial charge in [-0.2, -0.15) is 0 Å². The van der Waals surface area contributed by atoms with E-state index in [0.717, 1.165) is 25.0 Å². The highest BCUT2D eigenvalue weighted by molar-refractivity contribution is 5.83. The molecule has 3 heterocycles. The van der Waals surface area contributed by atoms with Crippen LogP contribution in [0.25, 0.3) is 0 Å². The average Bonchev–Trinajstić information content (AvgIpc) is 0.947. The zero-order valence-corrected chi connectivity index (χ0v) is 56.9. The van der Waals surface area contributed by atoms with Crippen molar-refractivity contribution >= 4 is 5.78 Å². The molecule has 0 spiro atoms. The van der Waals surface area contributed by atoms with Crippen LogP contribution in [0.5, 0.6) is 0 Å². The number of Topliss-reactive ketones (excluding diaryl/α,β-unsaturated/α-hetero) is 1. The highest BCUT2D eigenvalue weighted by Crippen LogP contribution is 2.37. The van der Waals surface area contributed by atoms with Crippen LogP contribution >= 0.6 is 0 Å². The maximum Gasteiger partial charge on any atom is 0.197 e. The van der Waals surface area contributed by atoms with Crippen molar-refractivity contribution in [1.29, 1.82) is 0 Å². The molecule has 0 radical (unpaired) electrons. The summed E-state index contributed by atoms with van der Waals surface area (Å²) in [7, 11) is 0. The number of ether oxygens (including phenoxy) is 3. The molecular weight excluding hydrogens is 1360 g/mol. The molecule has 0 aliphatic carbocycles. The van der Waals surface area contributed by atoms with E-state index in [1.54, 1.807) is 37.3 Å². The molecule has 0 aromatic carbocycles. The Bertz CT molecular complexity index is 2610. The van der Waals surface area contributed by atoms with Crippen molar-refractivity contribution in [1.82, 2.24) is 0 Å². The van der Waals surface area contributed by atoms with Crippen LogP contribution in [0.3, 0.4) is 0 Å². The van der Waals surface area contributed by atoms with E-state index in [2.05, 4.69) is 13.2 Å². The third-order valence-corrected chi connectivity index (χ3v) is 18.7. The van der Waals surface area contributed by atoms with Gasteiger partial charge in [-0.05, 0) is 62.4 Å². The lowest BCUT2D eigenvalue weighted by Gasteiger charge is -2.48. The number of rotatable bonds is 46. The summed E-state index contributed by atoms with van der Waals surface area (Å²) >= 11 is 0. The molecule has 36 atom stereocenters. The minimum absolute atomic E-state index is 0.00474. The van der Waals surface area contributed by atoms with Crippen LogP contribution in [0.4, 0.5) is 0 Å². The molecule has 0 amide bonds. The van der Waals surface area contributed by atoms with E-state index in [1.165, 1.54) is 31.2 Å². The number of allylic oxidation sites excluding steroid dienone is 9. The number of ketones is 1. The zero-order chi connectivity index (χ0) is 77.4. The third kappa shape index (κ3) is 27.2. The van der Waals surface area contributed by atoms with E-state index in [9.17, 15) is 153 Å². The van der Waals surface area contributed by atoms with Gasteiger partial charge in [-0.3, -0.25) is 4.79 Å². The number of carbonyl (C=O) groups is 1. The van der Waals surface area contributed by atoms with Crippen LogP contribution in [0, 0.1) is 11.8 Å². The molecule has 10 unspecified atom stereocenters. The molecule has 30 N–H and O–H groups in total. The molecule has 0 aromatic rings. The average molecular weight is 1480 g/mol. The minimum Gasteiger partial charge on any atom is -0.394 e. The summed E-state index contributed by atoms with van der Waals surface area (Å²) in [5.41, 5.74) is -0.178. The normalized spacial score (nSPS) is 32.8. The minimum atomic E-state index is -3.13. The maximum absolute atomic E-state index is 13.2. The van der Waals surface area contributed by atoms with Crippen LogP contribution in [0.1, 0.15) is 90.9 Å². The first kappa shape index (κ1) is 92.5. The number of carbonyl (C=O) groups excluding carboxylic acids is 1. The lowest BCUT2D eigenvalue weighted by Crippen LogP contribution is -2.68. The molecule has 102 heavy (non-hydrogen) atoms. The van der Waals surface area contributed by atoms with Crippen LogP contribution in [-0.4, -0.2) is 373 Å². The Morgan fingerprint density at radius 1 is 0.490 bits per heavy atom. The van der Waals surface area contributed by atoms with Crippen LogP contribution in [0.15, 0.2) is 97.7 Å². The number of aliphatic hydroxyl groups is 30. The summed E-state index contributed by atoms with van der Waals surface area (Å²) in [5, 5.41) is 317. The fraction of sp³-hybridized carbons (Fsp3) is 0.750. The lowest BCUT2D eigenvalue weighted by atomic mass is 9.83. The summed E-state index contributed by atoms with van der Waals surface area (Å²) in [5.74, 6) is -5.67. The first-order valence-corrected chi connectivity index (χ1v) is 33.9. The van der Waals surface area contributed by atoms with Gasteiger partial charge in [0.1, 0.15) is 134 Å². The summed E-state index contributed by atoms with van der Waals surface area (Å²) < 4.78 is 16.8. The Morgan fingerprint density at radius 2 is 1.03 bits per heavy atom. The van der Waals surface area contributed by atoms with Crippen molar-refractivity contribution in [3.63, 3.8) is 0 Å². The van der Waals surface area contributed by atoms with E-state index in [1.807, 2.05) is 12.2 Å². The van der Waals surface area contributed by atoms with Gasteiger partial charge in [-0.15, -0.1) is 6.58 Å². The smallest absolute Gasteiger partial charge is 0.197 e. The predicted octanol–water partition coefficient (Wildman–Crippen LogP) is -9.69. The molecule has 34 nitrogen and oxygen atoms in total. The molecule has 0 saturated carbocycles. The predicted molar refractivity (Wildman–Crippen MR) is 355 cm³/mol. The van der Waals surface area contributed by atoms with Gasteiger partial charge in [0.05, 0.1) is 73.8 Å². The van der Waals surface area contributed by atoms with E-state index in [0.29, 0.717) is 0 Å². The van der Waals surface area contributed by atoms with Gasteiger partial charge >= 0.3 is 0 Å². The lowest BCUT2D eigenvalue weighted by molar-refractivity contribution is -0.367.